The number of aromatic nitrogens is 2. The van der Waals surface area contributed by atoms with Crippen LogP contribution in [-0.4, -0.2) is 52.4 Å². The second-order valence-electron chi connectivity index (χ2n) is 15.5. The molecule has 0 amide bonds. The van der Waals surface area contributed by atoms with Gasteiger partial charge in [0.2, 0.25) is 0 Å². The van der Waals surface area contributed by atoms with E-state index >= 15 is 0 Å². The van der Waals surface area contributed by atoms with Crippen molar-refractivity contribution in [1.29, 1.82) is 0 Å². The number of carboxylic acids is 1. The second-order valence-corrected chi connectivity index (χ2v) is 16.6. The van der Waals surface area contributed by atoms with Gasteiger partial charge < -0.3 is 33.2 Å². The molecule has 10 heteroatoms. The van der Waals surface area contributed by atoms with Crippen LogP contribution >= 0.6 is 11.3 Å². The van der Waals surface area contributed by atoms with Gasteiger partial charge in [-0.05, 0) is 25.0 Å². The van der Waals surface area contributed by atoms with Gasteiger partial charge in [-0.2, -0.15) is 0 Å². The lowest BCUT2D eigenvalue weighted by Gasteiger charge is -2.13. The molecule has 0 saturated carbocycles. The van der Waals surface area contributed by atoms with Crippen LogP contribution in [0.15, 0.2) is 12.1 Å². The van der Waals surface area contributed by atoms with Gasteiger partial charge in [0.25, 0.3) is 0 Å². The van der Waals surface area contributed by atoms with Crippen molar-refractivity contribution in [3.05, 3.63) is 23.5 Å². The monoisotopic (exact) mass is 780 g/mol. The number of nitrogens with zero attached hydrogens (tertiary/aromatic N) is 2. The summed E-state index contributed by atoms with van der Waals surface area (Å²) in [6.07, 6.45) is 25.9. The molecular weight excluding hydrogens is 713 g/mol. The molecule has 5 rings (SSSR count). The third kappa shape index (κ3) is 11.6. The predicted octanol–water partition coefficient (Wildman–Crippen LogP) is 12.8. The van der Waals surface area contributed by atoms with Crippen molar-refractivity contribution >= 4 is 23.1 Å². The summed E-state index contributed by atoms with van der Waals surface area (Å²) >= 11 is 1.58. The zero-order valence-electron chi connectivity index (χ0n) is 34.2. The summed E-state index contributed by atoms with van der Waals surface area (Å²) in [5.41, 5.74) is 2.35. The minimum atomic E-state index is -1.01. The van der Waals surface area contributed by atoms with Crippen LogP contribution in [0.5, 0.6) is 23.0 Å². The molecule has 5 heterocycles. The third-order valence-corrected chi connectivity index (χ3v) is 12.1. The van der Waals surface area contributed by atoms with Gasteiger partial charge >= 0.3 is 5.97 Å². The average Bonchev–Trinajstić information content (AvgIpc) is 3.71. The van der Waals surface area contributed by atoms with E-state index in [-0.39, 0.29) is 11.5 Å². The molecule has 0 atom stereocenters. The van der Waals surface area contributed by atoms with E-state index < -0.39 is 5.97 Å². The first-order valence-corrected chi connectivity index (χ1v) is 22.7. The van der Waals surface area contributed by atoms with Crippen molar-refractivity contribution < 1.29 is 33.6 Å². The number of carbonyl (C=O) groups excluding carboxylic acids is 1. The van der Waals surface area contributed by atoms with Gasteiger partial charge in [0, 0.05) is 32.9 Å². The number of carbonyl (C=O) groups is 2. The van der Waals surface area contributed by atoms with Crippen molar-refractivity contribution in [2.75, 3.05) is 26.4 Å². The number of fused-ring (bicyclic) bond motifs is 2. The molecular formula is C45H68N2O7S. The smallest absolute Gasteiger partial charge is 0.356 e. The Bertz CT molecular complexity index is 1520. The third-order valence-electron chi connectivity index (χ3n) is 11.0. The van der Waals surface area contributed by atoms with Crippen molar-refractivity contribution in [2.45, 2.75) is 175 Å². The van der Waals surface area contributed by atoms with E-state index in [0.29, 0.717) is 74.6 Å². The van der Waals surface area contributed by atoms with Crippen molar-refractivity contribution in [3.8, 4) is 44.1 Å². The normalized spacial score (nSPS) is 13.9. The van der Waals surface area contributed by atoms with Crippen LogP contribution in [0, 0.1) is 0 Å². The molecule has 0 unspecified atom stereocenters. The molecule has 3 aromatic rings. The first kappa shape index (κ1) is 42.7. The Balaban J connectivity index is 1.39. The molecule has 2 aliphatic heterocycles. The van der Waals surface area contributed by atoms with Gasteiger partial charge in [-0.25, -0.2) is 4.79 Å². The quantitative estimate of drug-likeness (QED) is 0.0639. The van der Waals surface area contributed by atoms with Crippen molar-refractivity contribution in [3.63, 3.8) is 0 Å². The topological polar surface area (TPSA) is 101 Å². The number of thiophene rings is 1. The zero-order valence-corrected chi connectivity index (χ0v) is 35.0. The summed E-state index contributed by atoms with van der Waals surface area (Å²) in [7, 11) is 0. The molecule has 3 aromatic heterocycles. The van der Waals surface area contributed by atoms with E-state index in [1.807, 2.05) is 4.57 Å². The maximum absolute atomic E-state index is 13.3. The Morgan fingerprint density at radius 3 is 1.27 bits per heavy atom. The highest BCUT2D eigenvalue weighted by Gasteiger charge is 2.34. The fraction of sp³-hybridized carbons (Fsp3) is 0.689. The fourth-order valence-electron chi connectivity index (χ4n) is 8.10. The molecule has 0 bridgehead atoms. The maximum Gasteiger partial charge on any atom is 0.356 e. The Kier molecular flexibility index (Phi) is 17.9. The van der Waals surface area contributed by atoms with Gasteiger partial charge in [0.05, 0.1) is 36.2 Å². The zero-order chi connectivity index (χ0) is 38.8. The Morgan fingerprint density at radius 1 is 0.545 bits per heavy atom. The summed E-state index contributed by atoms with van der Waals surface area (Å²) in [4.78, 5) is 28.0. The summed E-state index contributed by atoms with van der Waals surface area (Å²) in [5, 5.41) is 10.5. The lowest BCUT2D eigenvalue weighted by molar-refractivity contribution is 0.0679. The number of hydrogen-bond acceptors (Lipinski definition) is 7. The molecule has 1 N–H and O–H groups in total. The number of unbranched alkanes of at least 4 members (excludes halogenated alkanes) is 18. The van der Waals surface area contributed by atoms with E-state index in [4.69, 9.17) is 18.9 Å². The second kappa shape index (κ2) is 23.0. The highest BCUT2D eigenvalue weighted by molar-refractivity contribution is 7.18. The molecule has 55 heavy (non-hydrogen) atoms. The molecule has 0 spiro atoms. The summed E-state index contributed by atoms with van der Waals surface area (Å²) in [5.74, 6) is 0.974. The van der Waals surface area contributed by atoms with Crippen LogP contribution < -0.4 is 18.9 Å². The van der Waals surface area contributed by atoms with Gasteiger partial charge in [0.1, 0.15) is 17.1 Å². The number of aromatic carboxylic acids is 1. The first-order chi connectivity index (χ1) is 27.0. The van der Waals surface area contributed by atoms with Crippen LogP contribution in [0.25, 0.3) is 21.1 Å². The molecule has 0 aromatic carbocycles. The van der Waals surface area contributed by atoms with Crippen LogP contribution in [0.3, 0.4) is 0 Å². The number of ether oxygens (including phenoxy) is 4. The SMILES string of the molecule is CCCCCCCCCCCCn1c(C(C)=O)c2c(c1-c1ccc(-c3c4c(c(C(=O)O)n3CCCCCCCCCCCC)OCCCO4)s1)OCCCO2. The lowest BCUT2D eigenvalue weighted by Crippen LogP contribution is -2.12. The van der Waals surface area contributed by atoms with Gasteiger partial charge in [0.15, 0.2) is 34.5 Å². The lowest BCUT2D eigenvalue weighted by atomic mass is 10.1. The minimum absolute atomic E-state index is 0.0378. The van der Waals surface area contributed by atoms with Crippen molar-refractivity contribution in [1.82, 2.24) is 9.13 Å². The predicted molar refractivity (Wildman–Crippen MR) is 223 cm³/mol. The molecule has 306 valence electrons. The van der Waals surface area contributed by atoms with E-state index in [2.05, 4.69) is 30.5 Å². The molecule has 0 aliphatic carbocycles. The molecule has 0 radical (unpaired) electrons. The molecule has 9 nitrogen and oxygen atoms in total. The largest absolute Gasteiger partial charge is 0.487 e. The first-order valence-electron chi connectivity index (χ1n) is 21.9. The van der Waals surface area contributed by atoms with E-state index in [9.17, 15) is 14.7 Å². The Hall–Kier alpha value is -3.40. The Morgan fingerprint density at radius 2 is 0.891 bits per heavy atom. The van der Waals surface area contributed by atoms with E-state index in [1.54, 1.807) is 18.3 Å². The van der Waals surface area contributed by atoms with Crippen LogP contribution in [0.1, 0.15) is 183 Å². The maximum atomic E-state index is 13.3. The summed E-state index contributed by atoms with van der Waals surface area (Å²) in [6, 6.07) is 4.13. The molecule has 2 aliphatic rings. The Labute approximate surface area is 334 Å². The number of Topliss-reactive ketones (excluding diaryl/α,β-unsaturated/α-hetero) is 1. The van der Waals surface area contributed by atoms with Crippen molar-refractivity contribution in [2.24, 2.45) is 0 Å². The van der Waals surface area contributed by atoms with Gasteiger partial charge in [-0.1, -0.05) is 129 Å². The highest BCUT2D eigenvalue weighted by atomic mass is 32.1. The number of hydrogen-bond donors (Lipinski definition) is 1. The fourth-order valence-corrected chi connectivity index (χ4v) is 9.21. The van der Waals surface area contributed by atoms with Crippen LogP contribution in [0.2, 0.25) is 0 Å². The number of rotatable bonds is 26. The van der Waals surface area contributed by atoms with Gasteiger partial charge in [-0.15, -0.1) is 11.3 Å². The number of ketones is 1. The molecule has 0 fully saturated rings. The minimum Gasteiger partial charge on any atom is -0.487 e. The summed E-state index contributed by atoms with van der Waals surface area (Å²) < 4.78 is 29.1. The van der Waals surface area contributed by atoms with Crippen LogP contribution in [-0.2, 0) is 13.1 Å². The van der Waals surface area contributed by atoms with E-state index in [0.717, 1.165) is 59.7 Å². The average molecular weight is 781 g/mol. The van der Waals surface area contributed by atoms with Crippen LogP contribution in [0.4, 0.5) is 0 Å². The summed E-state index contributed by atoms with van der Waals surface area (Å²) in [6.45, 7) is 9.27. The van der Waals surface area contributed by atoms with E-state index in [1.165, 1.54) is 96.3 Å². The standard InChI is InChI=1S/C45H68N2O7S/c1-4-6-8-10-12-14-16-18-20-22-28-46-37(34(3)48)41-42(52-31-24-30-51-41)38(46)35-26-27-36(55-35)39-43-44(54-33-25-32-53-43)40(45(49)50)47(39)29-23-21-19-17-15-13-11-9-7-5-2/h26-27H,4-25,28-33H2,1-3H3,(H,49,50). The number of carboxylic acid groups (broad SMARTS) is 1. The molecule has 0 saturated heterocycles. The highest BCUT2D eigenvalue weighted by Crippen LogP contribution is 2.51. The van der Waals surface area contributed by atoms with Gasteiger partial charge in [-0.3, -0.25) is 4.79 Å².